The summed E-state index contributed by atoms with van der Waals surface area (Å²) in [5.41, 5.74) is -0.832. The molecule has 0 spiro atoms. The summed E-state index contributed by atoms with van der Waals surface area (Å²) in [6, 6.07) is 4.40. The molecule has 1 aromatic carbocycles. The minimum absolute atomic E-state index is 0.195. The van der Waals surface area contributed by atoms with E-state index in [4.69, 9.17) is 5.11 Å². The highest BCUT2D eigenvalue weighted by molar-refractivity contribution is 5.93. The van der Waals surface area contributed by atoms with Crippen LogP contribution in [0, 0.1) is 0 Å². The average molecular weight is 327 g/mol. The summed E-state index contributed by atoms with van der Waals surface area (Å²) in [7, 11) is 0. The Kier molecular flexibility index (Phi) is 4.39. The van der Waals surface area contributed by atoms with E-state index in [1.165, 1.54) is 19.2 Å². The molecule has 1 unspecified atom stereocenters. The third kappa shape index (κ3) is 3.87. The van der Waals surface area contributed by atoms with E-state index in [2.05, 4.69) is 10.4 Å². The second-order valence-electron chi connectivity index (χ2n) is 4.73. The van der Waals surface area contributed by atoms with Gasteiger partial charge in [-0.05, 0) is 37.3 Å². The smallest absolute Gasteiger partial charge is 0.416 e. The van der Waals surface area contributed by atoms with Gasteiger partial charge in [0.1, 0.15) is 6.04 Å². The van der Waals surface area contributed by atoms with E-state index in [9.17, 15) is 22.8 Å². The predicted molar refractivity (Wildman–Crippen MR) is 74.0 cm³/mol. The van der Waals surface area contributed by atoms with Crippen molar-refractivity contribution >= 4 is 17.6 Å². The van der Waals surface area contributed by atoms with E-state index < -0.39 is 29.7 Å². The fourth-order valence-corrected chi connectivity index (χ4v) is 1.78. The van der Waals surface area contributed by atoms with Gasteiger partial charge in [-0.2, -0.15) is 18.3 Å². The summed E-state index contributed by atoms with van der Waals surface area (Å²) in [5.74, 6) is -1.76. The number of aromatic carboxylic acids is 1. The van der Waals surface area contributed by atoms with Crippen LogP contribution in [0.5, 0.6) is 0 Å². The van der Waals surface area contributed by atoms with Gasteiger partial charge in [-0.15, -0.1) is 0 Å². The Labute approximate surface area is 128 Å². The molecule has 2 rings (SSSR count). The number of anilines is 1. The molecule has 6 nitrogen and oxygen atoms in total. The molecule has 1 atom stereocenters. The first-order valence-corrected chi connectivity index (χ1v) is 6.45. The average Bonchev–Trinajstić information content (AvgIpc) is 2.96. The Balaban J connectivity index is 2.07. The Hall–Kier alpha value is -2.84. The molecule has 122 valence electrons. The molecule has 2 N–H and O–H groups in total. The molecule has 0 aliphatic carbocycles. The third-order valence-corrected chi connectivity index (χ3v) is 3.08. The predicted octanol–water partition coefficient (Wildman–Crippen LogP) is 2.80. The molecule has 0 fully saturated rings. The molecule has 1 heterocycles. The number of aromatic nitrogens is 2. The zero-order valence-electron chi connectivity index (χ0n) is 11.8. The lowest BCUT2D eigenvalue weighted by atomic mass is 10.2. The van der Waals surface area contributed by atoms with Crippen molar-refractivity contribution in [2.24, 2.45) is 0 Å². The first-order chi connectivity index (χ1) is 10.7. The SMILES string of the molecule is CC(C(=O)Nc1ccc(C(F)(F)F)cc1)n1ccc(C(=O)O)n1. The van der Waals surface area contributed by atoms with Crippen molar-refractivity contribution in [3.05, 3.63) is 47.8 Å². The maximum absolute atomic E-state index is 12.5. The number of carbonyl (C=O) groups is 2. The first kappa shape index (κ1) is 16.5. The Morgan fingerprint density at radius 3 is 2.30 bits per heavy atom. The van der Waals surface area contributed by atoms with Gasteiger partial charge >= 0.3 is 12.1 Å². The molecular formula is C14H12F3N3O3. The number of hydrogen-bond donors (Lipinski definition) is 2. The van der Waals surface area contributed by atoms with E-state index >= 15 is 0 Å². The van der Waals surface area contributed by atoms with Crippen LogP contribution >= 0.6 is 0 Å². The van der Waals surface area contributed by atoms with Crippen LogP contribution < -0.4 is 5.32 Å². The third-order valence-electron chi connectivity index (χ3n) is 3.08. The quantitative estimate of drug-likeness (QED) is 0.904. The van der Waals surface area contributed by atoms with Crippen LogP contribution in [0.25, 0.3) is 0 Å². The number of carboxylic acid groups (broad SMARTS) is 1. The number of nitrogens with one attached hydrogen (secondary N) is 1. The van der Waals surface area contributed by atoms with Crippen molar-refractivity contribution in [3.63, 3.8) is 0 Å². The lowest BCUT2D eigenvalue weighted by Crippen LogP contribution is -2.24. The summed E-state index contributed by atoms with van der Waals surface area (Å²) in [4.78, 5) is 22.8. The summed E-state index contributed by atoms with van der Waals surface area (Å²) >= 11 is 0. The summed E-state index contributed by atoms with van der Waals surface area (Å²) in [5, 5.41) is 14.9. The van der Waals surface area contributed by atoms with Gasteiger partial charge in [0, 0.05) is 11.9 Å². The lowest BCUT2D eigenvalue weighted by Gasteiger charge is -2.13. The maximum atomic E-state index is 12.5. The molecule has 0 aliphatic heterocycles. The second-order valence-corrected chi connectivity index (χ2v) is 4.73. The molecule has 0 saturated heterocycles. The maximum Gasteiger partial charge on any atom is 0.416 e. The lowest BCUT2D eigenvalue weighted by molar-refractivity contribution is -0.137. The van der Waals surface area contributed by atoms with Gasteiger partial charge in [0.15, 0.2) is 5.69 Å². The molecule has 1 amide bonds. The molecule has 0 bridgehead atoms. The molecule has 2 aromatic rings. The highest BCUT2D eigenvalue weighted by atomic mass is 19.4. The number of hydrogen-bond acceptors (Lipinski definition) is 3. The van der Waals surface area contributed by atoms with E-state index in [0.29, 0.717) is 0 Å². The van der Waals surface area contributed by atoms with Gasteiger partial charge in [0.25, 0.3) is 0 Å². The number of rotatable bonds is 4. The van der Waals surface area contributed by atoms with Gasteiger partial charge < -0.3 is 10.4 Å². The number of alkyl halides is 3. The molecule has 23 heavy (non-hydrogen) atoms. The Morgan fingerprint density at radius 2 is 1.83 bits per heavy atom. The molecule has 1 aromatic heterocycles. The number of carbonyl (C=O) groups excluding carboxylic acids is 1. The van der Waals surface area contributed by atoms with Crippen LogP contribution in [0.15, 0.2) is 36.5 Å². The Bertz CT molecular complexity index is 723. The largest absolute Gasteiger partial charge is 0.476 e. The van der Waals surface area contributed by atoms with Crippen LogP contribution in [0.2, 0.25) is 0 Å². The normalized spacial score (nSPS) is 12.7. The zero-order chi connectivity index (χ0) is 17.2. The summed E-state index contributed by atoms with van der Waals surface area (Å²) < 4.78 is 38.5. The van der Waals surface area contributed by atoms with Gasteiger partial charge in [0.2, 0.25) is 5.91 Å². The highest BCUT2D eigenvalue weighted by Gasteiger charge is 2.30. The van der Waals surface area contributed by atoms with Crippen LogP contribution in [0.3, 0.4) is 0 Å². The molecule has 0 aliphatic rings. The number of nitrogens with zero attached hydrogens (tertiary/aromatic N) is 2. The second kappa shape index (κ2) is 6.11. The van der Waals surface area contributed by atoms with Crippen molar-refractivity contribution in [3.8, 4) is 0 Å². The molecular weight excluding hydrogens is 315 g/mol. The van der Waals surface area contributed by atoms with Crippen molar-refractivity contribution in [2.45, 2.75) is 19.1 Å². The van der Waals surface area contributed by atoms with Gasteiger partial charge in [-0.1, -0.05) is 0 Å². The first-order valence-electron chi connectivity index (χ1n) is 6.45. The van der Waals surface area contributed by atoms with Gasteiger partial charge in [0.05, 0.1) is 5.56 Å². The van der Waals surface area contributed by atoms with E-state index in [1.807, 2.05) is 0 Å². The van der Waals surface area contributed by atoms with Crippen molar-refractivity contribution in [2.75, 3.05) is 5.32 Å². The zero-order valence-corrected chi connectivity index (χ0v) is 11.8. The standard InChI is InChI=1S/C14H12F3N3O3/c1-8(20-7-6-11(19-20)13(22)23)12(21)18-10-4-2-9(3-5-10)14(15,16)17/h2-8H,1H3,(H,18,21)(H,22,23). The monoisotopic (exact) mass is 327 g/mol. The van der Waals surface area contributed by atoms with Crippen molar-refractivity contribution < 1.29 is 27.9 Å². The minimum Gasteiger partial charge on any atom is -0.476 e. The van der Waals surface area contributed by atoms with E-state index in [1.54, 1.807) is 0 Å². The van der Waals surface area contributed by atoms with Crippen molar-refractivity contribution in [1.29, 1.82) is 0 Å². The van der Waals surface area contributed by atoms with E-state index in [-0.39, 0.29) is 11.4 Å². The van der Waals surface area contributed by atoms with E-state index in [0.717, 1.165) is 28.9 Å². The van der Waals surface area contributed by atoms with Crippen LogP contribution in [0.1, 0.15) is 29.0 Å². The fraction of sp³-hybridized carbons (Fsp3) is 0.214. The van der Waals surface area contributed by atoms with Crippen LogP contribution in [-0.2, 0) is 11.0 Å². The molecule has 0 radical (unpaired) electrons. The van der Waals surface area contributed by atoms with Gasteiger partial charge in [-0.3, -0.25) is 9.48 Å². The summed E-state index contributed by atoms with van der Waals surface area (Å²) in [6.07, 6.45) is -3.11. The molecule has 9 heteroatoms. The van der Waals surface area contributed by atoms with Crippen LogP contribution in [-0.4, -0.2) is 26.8 Å². The molecule has 0 saturated carbocycles. The number of carboxylic acids is 1. The summed E-state index contributed by atoms with van der Waals surface area (Å²) in [6.45, 7) is 1.48. The topological polar surface area (TPSA) is 84.2 Å². The Morgan fingerprint density at radius 1 is 1.22 bits per heavy atom. The minimum atomic E-state index is -4.45. The van der Waals surface area contributed by atoms with Crippen molar-refractivity contribution in [1.82, 2.24) is 9.78 Å². The van der Waals surface area contributed by atoms with Gasteiger partial charge in [-0.25, -0.2) is 4.79 Å². The highest BCUT2D eigenvalue weighted by Crippen LogP contribution is 2.29. The number of amides is 1. The fourth-order valence-electron chi connectivity index (χ4n) is 1.78. The number of benzene rings is 1. The van der Waals surface area contributed by atoms with Crippen LogP contribution in [0.4, 0.5) is 18.9 Å². The number of halogens is 3.